The van der Waals surface area contributed by atoms with E-state index in [4.69, 9.17) is 4.74 Å². The summed E-state index contributed by atoms with van der Waals surface area (Å²) in [7, 11) is 0. The topological polar surface area (TPSA) is 79.9 Å². The van der Waals surface area contributed by atoms with Crippen molar-refractivity contribution < 1.29 is 18.3 Å². The van der Waals surface area contributed by atoms with E-state index in [0.29, 0.717) is 18.4 Å². The molecule has 8 heteroatoms. The first-order chi connectivity index (χ1) is 13.0. The Morgan fingerprint density at radius 1 is 1.26 bits per heavy atom. The van der Waals surface area contributed by atoms with Crippen molar-refractivity contribution in [3.63, 3.8) is 0 Å². The molecule has 6 nitrogen and oxygen atoms in total. The van der Waals surface area contributed by atoms with Crippen LogP contribution in [0.15, 0.2) is 42.9 Å². The lowest BCUT2D eigenvalue weighted by Gasteiger charge is -2.12. The molecule has 2 N–H and O–H groups in total. The van der Waals surface area contributed by atoms with Gasteiger partial charge in [-0.05, 0) is 36.6 Å². The zero-order chi connectivity index (χ0) is 19.2. The van der Waals surface area contributed by atoms with Crippen LogP contribution < -0.4 is 10.1 Å². The Bertz CT molecular complexity index is 929. The average Bonchev–Trinajstić information content (AvgIpc) is 3.19. The first kappa shape index (κ1) is 18.5. The molecule has 3 rings (SSSR count). The van der Waals surface area contributed by atoms with E-state index in [9.17, 15) is 13.6 Å². The van der Waals surface area contributed by atoms with E-state index in [0.717, 1.165) is 5.56 Å². The van der Waals surface area contributed by atoms with Crippen LogP contribution in [-0.4, -0.2) is 21.1 Å². The van der Waals surface area contributed by atoms with Gasteiger partial charge in [0.05, 0.1) is 6.20 Å². The third kappa shape index (κ3) is 4.66. The van der Waals surface area contributed by atoms with E-state index in [1.165, 1.54) is 25.3 Å². The highest BCUT2D eigenvalue weighted by atomic mass is 19.2. The number of hydrogen-bond donors (Lipinski definition) is 2. The molecule has 3 aromatic rings. The van der Waals surface area contributed by atoms with Crippen molar-refractivity contribution in [2.24, 2.45) is 0 Å². The van der Waals surface area contributed by atoms with Gasteiger partial charge >= 0.3 is 0 Å². The molecule has 0 bridgehead atoms. The molecule has 1 aromatic carbocycles. The fourth-order valence-electron chi connectivity index (χ4n) is 2.42. The molecule has 0 aliphatic carbocycles. The lowest BCUT2D eigenvalue weighted by molar-refractivity contribution is -0.121. The number of H-pyrrole nitrogens is 1. The number of aryl methyl sites for hydroxylation is 2. The maximum Gasteiger partial charge on any atom is 0.224 e. The molecule has 1 amide bonds. The normalized spacial score (nSPS) is 10.6. The molecule has 0 saturated carbocycles. The Kier molecular flexibility index (Phi) is 5.75. The highest BCUT2D eigenvalue weighted by Crippen LogP contribution is 2.28. The van der Waals surface area contributed by atoms with Gasteiger partial charge in [0.25, 0.3) is 0 Å². The summed E-state index contributed by atoms with van der Waals surface area (Å²) >= 11 is 0. The van der Waals surface area contributed by atoms with E-state index >= 15 is 0 Å². The van der Waals surface area contributed by atoms with E-state index in [1.807, 2.05) is 0 Å². The summed E-state index contributed by atoms with van der Waals surface area (Å²) in [6, 6.07) is 6.14. The second-order valence-corrected chi connectivity index (χ2v) is 5.96. The van der Waals surface area contributed by atoms with Gasteiger partial charge in [-0.15, -0.1) is 0 Å². The van der Waals surface area contributed by atoms with Gasteiger partial charge in [0, 0.05) is 30.9 Å². The quantitative estimate of drug-likeness (QED) is 0.666. The van der Waals surface area contributed by atoms with Crippen LogP contribution in [0, 0.1) is 18.6 Å². The van der Waals surface area contributed by atoms with Crippen molar-refractivity contribution in [3.8, 4) is 11.6 Å². The Morgan fingerprint density at radius 3 is 2.89 bits per heavy atom. The van der Waals surface area contributed by atoms with Gasteiger partial charge in [-0.2, -0.15) is 9.49 Å². The maximum atomic E-state index is 14.0. The molecule has 0 unspecified atom stereocenters. The van der Waals surface area contributed by atoms with Crippen LogP contribution >= 0.6 is 0 Å². The van der Waals surface area contributed by atoms with Crippen molar-refractivity contribution in [1.29, 1.82) is 0 Å². The molecule has 0 fully saturated rings. The lowest BCUT2D eigenvalue weighted by Crippen LogP contribution is -2.23. The number of aromatic amines is 1. The van der Waals surface area contributed by atoms with E-state index < -0.39 is 11.6 Å². The average molecular weight is 372 g/mol. The number of carbonyl (C=O) groups excluding carboxylic acids is 1. The van der Waals surface area contributed by atoms with Crippen molar-refractivity contribution in [1.82, 2.24) is 20.5 Å². The number of hydrogen-bond acceptors (Lipinski definition) is 4. The molecule has 0 radical (unpaired) electrons. The van der Waals surface area contributed by atoms with Crippen LogP contribution in [0.1, 0.15) is 23.1 Å². The molecule has 0 aliphatic rings. The number of amides is 1. The molecule has 140 valence electrons. The summed E-state index contributed by atoms with van der Waals surface area (Å²) in [5.74, 6) is -2.34. The predicted molar refractivity (Wildman–Crippen MR) is 94.2 cm³/mol. The monoisotopic (exact) mass is 372 g/mol. The summed E-state index contributed by atoms with van der Waals surface area (Å²) < 4.78 is 33.2. The van der Waals surface area contributed by atoms with E-state index in [1.54, 1.807) is 24.5 Å². The summed E-state index contributed by atoms with van der Waals surface area (Å²) in [6.07, 6.45) is 5.73. The number of ether oxygens (including phenoxy) is 1. The first-order valence-corrected chi connectivity index (χ1v) is 8.35. The van der Waals surface area contributed by atoms with Gasteiger partial charge in [-0.1, -0.05) is 12.1 Å². The first-order valence-electron chi connectivity index (χ1n) is 8.35. The van der Waals surface area contributed by atoms with Crippen LogP contribution in [0.25, 0.3) is 0 Å². The second kappa shape index (κ2) is 8.39. The molecular formula is C19H18F2N4O2. The predicted octanol–water partition coefficient (Wildman–Crippen LogP) is 3.43. The molecule has 0 saturated heterocycles. The minimum atomic E-state index is -1.07. The van der Waals surface area contributed by atoms with E-state index in [2.05, 4.69) is 20.5 Å². The van der Waals surface area contributed by atoms with Gasteiger partial charge in [0.15, 0.2) is 11.6 Å². The molecule has 27 heavy (non-hydrogen) atoms. The number of nitrogens with one attached hydrogen (secondary N) is 2. The van der Waals surface area contributed by atoms with Gasteiger partial charge in [-0.25, -0.2) is 9.37 Å². The molecule has 2 aromatic heterocycles. The van der Waals surface area contributed by atoms with Crippen LogP contribution in [0.5, 0.6) is 11.6 Å². The molecule has 2 heterocycles. The van der Waals surface area contributed by atoms with Crippen LogP contribution in [0.2, 0.25) is 0 Å². The van der Waals surface area contributed by atoms with Gasteiger partial charge in [0.1, 0.15) is 0 Å². The number of aromatic nitrogens is 3. The molecule has 0 spiro atoms. The number of nitrogens with zero attached hydrogens (tertiary/aromatic N) is 2. The Labute approximate surface area is 154 Å². The largest absolute Gasteiger partial charge is 0.435 e. The number of pyridine rings is 1. The Morgan fingerprint density at radius 2 is 2.11 bits per heavy atom. The fourth-order valence-corrected chi connectivity index (χ4v) is 2.42. The molecular weight excluding hydrogens is 354 g/mol. The number of benzene rings is 1. The van der Waals surface area contributed by atoms with Crippen molar-refractivity contribution in [2.75, 3.05) is 0 Å². The van der Waals surface area contributed by atoms with E-state index in [-0.39, 0.29) is 29.6 Å². The number of carbonyl (C=O) groups is 1. The molecule has 0 atom stereocenters. The highest BCUT2D eigenvalue weighted by Gasteiger charge is 2.15. The van der Waals surface area contributed by atoms with Gasteiger partial charge < -0.3 is 10.1 Å². The minimum absolute atomic E-state index is 0.106. The number of halogens is 2. The SMILES string of the molecule is Cc1ccc(Oc2ncccc2CNC(=O)CCc2cn[nH]c2)c(F)c1F. The zero-order valence-electron chi connectivity index (χ0n) is 14.6. The fraction of sp³-hybridized carbons (Fsp3) is 0.211. The summed E-state index contributed by atoms with van der Waals surface area (Å²) in [6.45, 7) is 1.62. The van der Waals surface area contributed by atoms with Crippen LogP contribution in [0.4, 0.5) is 8.78 Å². The Hall–Kier alpha value is -3.29. The third-order valence-electron chi connectivity index (χ3n) is 3.97. The second-order valence-electron chi connectivity index (χ2n) is 5.96. The zero-order valence-corrected chi connectivity index (χ0v) is 14.6. The Balaban J connectivity index is 1.64. The summed E-state index contributed by atoms with van der Waals surface area (Å²) in [5, 5.41) is 9.28. The van der Waals surface area contributed by atoms with Crippen LogP contribution in [0.3, 0.4) is 0 Å². The lowest BCUT2D eigenvalue weighted by atomic mass is 10.2. The molecule has 0 aliphatic heterocycles. The van der Waals surface area contributed by atoms with Gasteiger partial charge in [-0.3, -0.25) is 9.89 Å². The third-order valence-corrected chi connectivity index (χ3v) is 3.97. The minimum Gasteiger partial charge on any atom is -0.435 e. The highest BCUT2D eigenvalue weighted by molar-refractivity contribution is 5.76. The van der Waals surface area contributed by atoms with Crippen molar-refractivity contribution >= 4 is 5.91 Å². The standard InChI is InChI=1S/C19H18F2N4O2/c1-12-4-6-15(18(21)17(12)20)27-19-14(3-2-8-22-19)11-23-16(26)7-5-13-9-24-25-10-13/h2-4,6,8-10H,5,7,11H2,1H3,(H,23,26)(H,24,25). The van der Waals surface area contributed by atoms with Gasteiger partial charge in [0.2, 0.25) is 17.6 Å². The van der Waals surface area contributed by atoms with Crippen LogP contribution in [-0.2, 0) is 17.8 Å². The summed E-state index contributed by atoms with van der Waals surface area (Å²) in [5.41, 5.74) is 1.67. The van der Waals surface area contributed by atoms with Crippen molar-refractivity contribution in [3.05, 3.63) is 71.2 Å². The smallest absolute Gasteiger partial charge is 0.224 e. The maximum absolute atomic E-state index is 14.0. The number of rotatable bonds is 7. The summed E-state index contributed by atoms with van der Waals surface area (Å²) in [4.78, 5) is 16.1. The van der Waals surface area contributed by atoms with Crippen molar-refractivity contribution in [2.45, 2.75) is 26.3 Å².